The van der Waals surface area contributed by atoms with Crippen molar-refractivity contribution in [3.05, 3.63) is 65.9 Å². The first-order valence-corrected chi connectivity index (χ1v) is 24.4. The number of phenols is 1. The summed E-state index contributed by atoms with van der Waals surface area (Å²) in [5, 5.41) is 40.5. The minimum atomic E-state index is -1.74. The van der Waals surface area contributed by atoms with Crippen molar-refractivity contribution >= 4 is 70.0 Å². The van der Waals surface area contributed by atoms with Gasteiger partial charge >= 0.3 is 0 Å². The Labute approximate surface area is 429 Å². The smallest absolute Gasteiger partial charge is 0.245 e. The zero-order valence-electron chi connectivity index (χ0n) is 42.9. The largest absolute Gasteiger partial charge is 0.508 e. The Kier molecular flexibility index (Phi) is 23.9. The summed E-state index contributed by atoms with van der Waals surface area (Å²) in [6, 6.07) is 2.63. The summed E-state index contributed by atoms with van der Waals surface area (Å²) in [5.74, 6) is -9.02. The Morgan fingerprint density at radius 3 is 1.59 bits per heavy atom. The van der Waals surface area contributed by atoms with E-state index in [-0.39, 0.29) is 55.6 Å². The zero-order valence-corrected chi connectivity index (χ0v) is 42.9. The fourth-order valence-electron chi connectivity index (χ4n) is 7.75. The second-order valence-corrected chi connectivity index (χ2v) is 19.6. The second-order valence-electron chi connectivity index (χ2n) is 19.6. The van der Waals surface area contributed by atoms with Crippen molar-refractivity contribution in [1.82, 2.24) is 47.5 Å². The number of rotatable bonds is 30. The number of para-hydroxylation sites is 1. The predicted octanol–water partition coefficient (Wildman–Crippen LogP) is -1.99. The lowest BCUT2D eigenvalue weighted by atomic mass is 9.99. The molecular formula is C50H74N12O12. The number of H-pyrrole nitrogens is 1. The Bertz CT molecular complexity index is 2440. The summed E-state index contributed by atoms with van der Waals surface area (Å²) in [6.07, 6.45) is 1.50. The minimum absolute atomic E-state index is 0.00425. The number of carbonyl (C=O) groups is 10. The number of carbonyl (C=O) groups excluding carboxylic acids is 10. The van der Waals surface area contributed by atoms with Gasteiger partial charge in [0.25, 0.3) is 0 Å². The second kappa shape index (κ2) is 29.2. The van der Waals surface area contributed by atoms with Gasteiger partial charge in [0.15, 0.2) is 0 Å². The number of aromatic amines is 1. The summed E-state index contributed by atoms with van der Waals surface area (Å²) in [6.45, 7) is 10.4. The van der Waals surface area contributed by atoms with Gasteiger partial charge in [-0.05, 0) is 79.7 Å². The molecule has 17 N–H and O–H groups in total. The maximum atomic E-state index is 13.8. The fraction of sp³-hybridized carbons (Fsp3) is 0.520. The molecule has 10 amide bonds. The molecule has 0 aliphatic rings. The maximum Gasteiger partial charge on any atom is 0.245 e. The molecule has 0 unspecified atom stereocenters. The van der Waals surface area contributed by atoms with E-state index in [9.17, 15) is 58.2 Å². The summed E-state index contributed by atoms with van der Waals surface area (Å²) in [4.78, 5) is 135. The average Bonchev–Trinajstić information content (AvgIpc) is 3.73. The molecule has 1 aromatic heterocycles. The number of aliphatic hydroxyl groups excluding tert-OH is 1. The molecule has 0 spiro atoms. The SMILES string of the molecule is CC(C)C[C@H](NC(=O)[C@H](CC(C)C)NC(=O)[C@H](Cc1ccc(O)cc1)NC(=O)CNC(=O)[C@H](C)NC(=O)[C@H](CO)NC(=O)[C@H](CC(N)=O)NC(=O)[C@H](CC(C)C)NC(=O)[C@@H](N)Cc1c[nH]c2ccccc12)C(N)=O. The number of hydrogen-bond donors (Lipinski definition) is 14. The summed E-state index contributed by atoms with van der Waals surface area (Å²) < 4.78 is 0. The average molecular weight is 1040 g/mol. The van der Waals surface area contributed by atoms with Crippen LogP contribution in [0.15, 0.2) is 54.7 Å². The molecule has 0 aliphatic heterocycles. The molecular weight excluding hydrogens is 961 g/mol. The standard InChI is InChI=1S/C50H74N12O12/c1-25(2)16-35(43(53)67)58-46(70)37(18-27(5)6)60-48(72)38(19-29-12-14-31(64)15-13-29)57-42(66)23-55-44(68)28(7)56-50(74)40(24-63)62-49(73)39(21-41(52)65)61-47(71)36(17-26(3)4)59-45(69)33(51)20-30-22-54-34-11-9-8-10-32(30)34/h8-15,22,25-28,33,35-40,54,63-64H,16-21,23-24,51H2,1-7H3,(H2,52,65)(H2,53,67)(H,55,68)(H,56,74)(H,57,66)(H,58,70)(H,59,69)(H,60,72)(H,61,71)(H,62,73)/t28-,33-,35-,36-,37-,38-,39-,40-/m0/s1. The molecule has 1 heterocycles. The molecule has 0 fully saturated rings. The van der Waals surface area contributed by atoms with E-state index in [4.69, 9.17) is 17.2 Å². The van der Waals surface area contributed by atoms with Gasteiger partial charge in [0.05, 0.1) is 25.6 Å². The number of aliphatic hydroxyl groups is 1. The van der Waals surface area contributed by atoms with Crippen LogP contribution in [0.25, 0.3) is 10.9 Å². The van der Waals surface area contributed by atoms with Crippen molar-refractivity contribution in [2.75, 3.05) is 13.2 Å². The number of nitrogens with one attached hydrogen (secondary N) is 9. The van der Waals surface area contributed by atoms with Crippen LogP contribution in [0.1, 0.15) is 85.3 Å². The van der Waals surface area contributed by atoms with Crippen LogP contribution in [0.3, 0.4) is 0 Å². The van der Waals surface area contributed by atoms with Gasteiger partial charge in [-0.2, -0.15) is 0 Å². The molecule has 0 saturated carbocycles. The first-order valence-electron chi connectivity index (χ1n) is 24.4. The summed E-state index contributed by atoms with van der Waals surface area (Å²) >= 11 is 0. The van der Waals surface area contributed by atoms with E-state index < -0.39 is 127 Å². The number of phenolic OH excluding ortho intramolecular Hbond substituents is 1. The molecule has 24 heteroatoms. The molecule has 8 atom stereocenters. The van der Waals surface area contributed by atoms with Crippen LogP contribution >= 0.6 is 0 Å². The monoisotopic (exact) mass is 1030 g/mol. The van der Waals surface area contributed by atoms with Gasteiger partial charge < -0.3 is 74.9 Å². The predicted molar refractivity (Wildman–Crippen MR) is 272 cm³/mol. The van der Waals surface area contributed by atoms with Crippen LogP contribution in [-0.2, 0) is 60.8 Å². The Morgan fingerprint density at radius 2 is 1.04 bits per heavy atom. The van der Waals surface area contributed by atoms with Gasteiger partial charge in [-0.3, -0.25) is 47.9 Å². The lowest BCUT2D eigenvalue weighted by Crippen LogP contribution is -2.60. The number of amides is 10. The highest BCUT2D eigenvalue weighted by atomic mass is 16.3. The summed E-state index contributed by atoms with van der Waals surface area (Å²) in [7, 11) is 0. The highest BCUT2D eigenvalue weighted by Crippen LogP contribution is 2.19. The third-order valence-corrected chi connectivity index (χ3v) is 11.6. The number of primary amides is 2. The van der Waals surface area contributed by atoms with E-state index in [1.54, 1.807) is 20.0 Å². The molecule has 0 bridgehead atoms. The maximum absolute atomic E-state index is 13.8. The first-order chi connectivity index (χ1) is 34.8. The Morgan fingerprint density at radius 1 is 0.554 bits per heavy atom. The van der Waals surface area contributed by atoms with Crippen molar-refractivity contribution in [2.45, 2.75) is 135 Å². The molecule has 406 valence electrons. The van der Waals surface area contributed by atoms with Gasteiger partial charge in [-0.15, -0.1) is 0 Å². The lowest BCUT2D eigenvalue weighted by molar-refractivity contribution is -0.136. The molecule has 0 radical (unpaired) electrons. The van der Waals surface area contributed by atoms with Gasteiger partial charge in [0.1, 0.15) is 48.0 Å². The number of aromatic hydroxyl groups is 1. The van der Waals surface area contributed by atoms with Crippen molar-refractivity contribution in [3.63, 3.8) is 0 Å². The van der Waals surface area contributed by atoms with Crippen LogP contribution in [0, 0.1) is 17.8 Å². The first kappa shape index (κ1) is 60.7. The minimum Gasteiger partial charge on any atom is -0.508 e. The molecule has 0 saturated heterocycles. The third kappa shape index (κ3) is 20.1. The molecule has 24 nitrogen and oxygen atoms in total. The quantitative estimate of drug-likeness (QED) is 0.0344. The number of nitrogens with two attached hydrogens (primary N) is 3. The van der Waals surface area contributed by atoms with Crippen molar-refractivity contribution in [2.24, 2.45) is 35.0 Å². The van der Waals surface area contributed by atoms with E-state index in [2.05, 4.69) is 47.5 Å². The van der Waals surface area contributed by atoms with E-state index in [0.29, 0.717) is 5.56 Å². The van der Waals surface area contributed by atoms with E-state index in [0.717, 1.165) is 16.5 Å². The van der Waals surface area contributed by atoms with Crippen LogP contribution in [0.4, 0.5) is 0 Å². The van der Waals surface area contributed by atoms with Crippen molar-refractivity contribution in [3.8, 4) is 5.75 Å². The zero-order chi connectivity index (χ0) is 55.4. The van der Waals surface area contributed by atoms with Crippen LogP contribution in [0.5, 0.6) is 5.75 Å². The van der Waals surface area contributed by atoms with E-state index in [1.165, 1.54) is 31.2 Å². The van der Waals surface area contributed by atoms with E-state index >= 15 is 0 Å². The molecule has 2 aromatic carbocycles. The molecule has 3 aromatic rings. The van der Waals surface area contributed by atoms with Crippen molar-refractivity contribution < 1.29 is 58.2 Å². The van der Waals surface area contributed by atoms with E-state index in [1.807, 2.05) is 52.0 Å². The summed E-state index contributed by atoms with van der Waals surface area (Å²) in [5.41, 5.74) is 19.3. The highest BCUT2D eigenvalue weighted by Gasteiger charge is 2.34. The third-order valence-electron chi connectivity index (χ3n) is 11.6. The Hall–Kier alpha value is -7.60. The van der Waals surface area contributed by atoms with Crippen LogP contribution in [-0.4, -0.2) is 136 Å². The lowest BCUT2D eigenvalue weighted by Gasteiger charge is -2.26. The molecule has 0 aliphatic carbocycles. The topological polar surface area (TPSA) is 401 Å². The number of aromatic nitrogens is 1. The number of benzene rings is 2. The van der Waals surface area contributed by atoms with Gasteiger partial charge in [0, 0.05) is 23.5 Å². The van der Waals surface area contributed by atoms with Gasteiger partial charge in [-0.1, -0.05) is 71.9 Å². The number of hydrogen-bond acceptors (Lipinski definition) is 13. The normalized spacial score (nSPS) is 14.5. The van der Waals surface area contributed by atoms with Gasteiger partial charge in [-0.25, -0.2) is 0 Å². The van der Waals surface area contributed by atoms with Crippen molar-refractivity contribution in [1.29, 1.82) is 0 Å². The number of fused-ring (bicyclic) bond motifs is 1. The highest BCUT2D eigenvalue weighted by molar-refractivity contribution is 5.99. The van der Waals surface area contributed by atoms with Crippen LogP contribution in [0.2, 0.25) is 0 Å². The molecule has 74 heavy (non-hydrogen) atoms. The van der Waals surface area contributed by atoms with Gasteiger partial charge in [0.2, 0.25) is 59.1 Å². The van der Waals surface area contributed by atoms with Crippen LogP contribution < -0.4 is 59.7 Å². The molecule has 3 rings (SSSR count). The fourth-order valence-corrected chi connectivity index (χ4v) is 7.75. The Balaban J connectivity index is 1.65.